The van der Waals surface area contributed by atoms with Crippen LogP contribution in [0.15, 0.2) is 9.95 Å². The number of thioether (sulfide) groups is 1. The smallest absolute Gasteiger partial charge is 0.344 e. The molecule has 7 heteroatoms. The minimum absolute atomic E-state index is 0.0993. The largest absolute Gasteiger partial charge is 0.381 e. The molecule has 1 aliphatic carbocycles. The summed E-state index contributed by atoms with van der Waals surface area (Å²) < 4.78 is 7.11. The summed E-state index contributed by atoms with van der Waals surface area (Å²) in [6.45, 7) is 1.58. The van der Waals surface area contributed by atoms with Gasteiger partial charge in [0.2, 0.25) is 0 Å². The summed E-state index contributed by atoms with van der Waals surface area (Å²) >= 11 is 1.57. The van der Waals surface area contributed by atoms with Crippen molar-refractivity contribution >= 4 is 11.8 Å². The van der Waals surface area contributed by atoms with Crippen LogP contribution in [0.2, 0.25) is 0 Å². The molecule has 0 aromatic carbocycles. The lowest BCUT2D eigenvalue weighted by Gasteiger charge is -2.16. The van der Waals surface area contributed by atoms with Gasteiger partial charge in [0.05, 0.1) is 6.61 Å². The van der Waals surface area contributed by atoms with E-state index >= 15 is 0 Å². The minimum Gasteiger partial charge on any atom is -0.381 e. The maximum Gasteiger partial charge on any atom is 0.344 e. The molecule has 2 heterocycles. The van der Waals surface area contributed by atoms with Crippen LogP contribution in [0.25, 0.3) is 0 Å². The van der Waals surface area contributed by atoms with Gasteiger partial charge in [0.25, 0.3) is 0 Å². The van der Waals surface area contributed by atoms with E-state index in [0.717, 1.165) is 43.4 Å². The zero-order valence-electron chi connectivity index (χ0n) is 10.2. The number of nitrogens with two attached hydrogens (primary N) is 1. The van der Waals surface area contributed by atoms with Gasteiger partial charge in [0.1, 0.15) is 0 Å². The average Bonchev–Trinajstić information content (AvgIpc) is 2.92. The molecule has 3 rings (SSSR count). The van der Waals surface area contributed by atoms with Gasteiger partial charge < -0.3 is 10.5 Å². The van der Waals surface area contributed by atoms with Crippen molar-refractivity contribution < 1.29 is 4.74 Å². The summed E-state index contributed by atoms with van der Waals surface area (Å²) in [4.78, 5) is 11.6. The molecule has 2 atom stereocenters. The molecule has 0 radical (unpaired) electrons. The minimum atomic E-state index is -0.0993. The predicted molar refractivity (Wildman–Crippen MR) is 68.7 cm³/mol. The van der Waals surface area contributed by atoms with Crippen LogP contribution in [-0.2, 0) is 4.74 Å². The number of ether oxygens (including phenoxy) is 1. The SMILES string of the molecule is NC(CSc1n[nH]c(=O)n1C1CC1)C1CCOC1. The Hall–Kier alpha value is -0.790. The van der Waals surface area contributed by atoms with E-state index in [2.05, 4.69) is 10.2 Å². The van der Waals surface area contributed by atoms with Crippen molar-refractivity contribution in [1.29, 1.82) is 0 Å². The second-order valence-corrected chi connectivity index (χ2v) is 6.00. The molecule has 0 spiro atoms. The van der Waals surface area contributed by atoms with Crippen molar-refractivity contribution in [3.63, 3.8) is 0 Å². The Bertz CT molecular complexity index is 462. The number of hydrogen-bond acceptors (Lipinski definition) is 5. The highest BCUT2D eigenvalue weighted by Crippen LogP contribution is 2.36. The molecule has 1 aromatic heterocycles. The van der Waals surface area contributed by atoms with Crippen molar-refractivity contribution in [3.8, 4) is 0 Å². The van der Waals surface area contributed by atoms with Gasteiger partial charge in [-0.25, -0.2) is 9.89 Å². The molecule has 100 valence electrons. The molecule has 1 aromatic rings. The highest BCUT2D eigenvalue weighted by atomic mass is 32.2. The molecule has 18 heavy (non-hydrogen) atoms. The second-order valence-electron chi connectivity index (χ2n) is 5.01. The van der Waals surface area contributed by atoms with E-state index in [0.29, 0.717) is 12.0 Å². The Kier molecular flexibility index (Phi) is 3.45. The Morgan fingerprint density at radius 2 is 2.39 bits per heavy atom. The first-order valence-electron chi connectivity index (χ1n) is 6.38. The van der Waals surface area contributed by atoms with E-state index < -0.39 is 0 Å². The summed E-state index contributed by atoms with van der Waals surface area (Å²) in [5, 5.41) is 7.37. The third-order valence-corrected chi connectivity index (χ3v) is 4.66. The highest BCUT2D eigenvalue weighted by Gasteiger charge is 2.29. The van der Waals surface area contributed by atoms with Gasteiger partial charge in [-0.3, -0.25) is 4.57 Å². The van der Waals surface area contributed by atoms with Crippen molar-refractivity contribution in [2.75, 3.05) is 19.0 Å². The van der Waals surface area contributed by atoms with Crippen LogP contribution in [0.1, 0.15) is 25.3 Å². The standard InChI is InChI=1S/C11H18N4O2S/c12-9(7-3-4-17-5-7)6-18-11-14-13-10(16)15(11)8-1-2-8/h7-9H,1-6,12H2,(H,13,16). The molecule has 1 saturated carbocycles. The first-order chi connectivity index (χ1) is 8.75. The molecular weight excluding hydrogens is 252 g/mol. The lowest BCUT2D eigenvalue weighted by molar-refractivity contribution is 0.182. The Morgan fingerprint density at radius 3 is 3.06 bits per heavy atom. The molecule has 2 aliphatic rings. The van der Waals surface area contributed by atoms with E-state index in [9.17, 15) is 4.79 Å². The van der Waals surface area contributed by atoms with Crippen molar-refractivity contribution in [2.45, 2.75) is 36.5 Å². The van der Waals surface area contributed by atoms with Gasteiger partial charge in [0.15, 0.2) is 5.16 Å². The Balaban J connectivity index is 1.60. The molecule has 6 nitrogen and oxygen atoms in total. The summed E-state index contributed by atoms with van der Waals surface area (Å²) in [6, 6.07) is 0.460. The normalized spacial score (nSPS) is 25.5. The number of nitrogens with zero attached hydrogens (tertiary/aromatic N) is 2. The predicted octanol–water partition coefficient (Wildman–Crippen LogP) is 0.362. The third kappa shape index (κ3) is 2.48. The Morgan fingerprint density at radius 1 is 1.56 bits per heavy atom. The average molecular weight is 270 g/mol. The first kappa shape index (κ1) is 12.3. The quantitative estimate of drug-likeness (QED) is 0.755. The van der Waals surface area contributed by atoms with Gasteiger partial charge in [-0.1, -0.05) is 11.8 Å². The van der Waals surface area contributed by atoms with Gasteiger partial charge in [-0.05, 0) is 19.3 Å². The fraction of sp³-hybridized carbons (Fsp3) is 0.818. The molecule has 3 N–H and O–H groups in total. The third-order valence-electron chi connectivity index (χ3n) is 3.56. The van der Waals surface area contributed by atoms with Gasteiger partial charge in [0, 0.05) is 30.4 Å². The van der Waals surface area contributed by atoms with Crippen molar-refractivity contribution in [2.24, 2.45) is 11.7 Å². The van der Waals surface area contributed by atoms with Crippen LogP contribution in [0.4, 0.5) is 0 Å². The fourth-order valence-electron chi connectivity index (χ4n) is 2.24. The maximum atomic E-state index is 11.6. The lowest BCUT2D eigenvalue weighted by atomic mass is 10.0. The number of H-pyrrole nitrogens is 1. The molecule has 2 unspecified atom stereocenters. The molecule has 2 fully saturated rings. The summed E-state index contributed by atoms with van der Waals surface area (Å²) in [5.74, 6) is 1.22. The van der Waals surface area contributed by atoms with Crippen molar-refractivity contribution in [1.82, 2.24) is 14.8 Å². The number of nitrogens with one attached hydrogen (secondary N) is 1. The summed E-state index contributed by atoms with van der Waals surface area (Å²) in [7, 11) is 0. The number of rotatable bonds is 5. The zero-order chi connectivity index (χ0) is 12.5. The van der Waals surface area contributed by atoms with Gasteiger partial charge >= 0.3 is 5.69 Å². The van der Waals surface area contributed by atoms with E-state index in [4.69, 9.17) is 10.5 Å². The maximum absolute atomic E-state index is 11.6. The van der Waals surface area contributed by atoms with Crippen LogP contribution in [-0.4, -0.2) is 39.8 Å². The van der Waals surface area contributed by atoms with Crippen LogP contribution in [0.3, 0.4) is 0 Å². The van der Waals surface area contributed by atoms with Crippen LogP contribution >= 0.6 is 11.8 Å². The second kappa shape index (κ2) is 5.07. The van der Waals surface area contributed by atoms with Crippen LogP contribution in [0, 0.1) is 5.92 Å². The molecule has 1 saturated heterocycles. The van der Waals surface area contributed by atoms with E-state index in [1.165, 1.54) is 0 Å². The number of aromatic amines is 1. The zero-order valence-corrected chi connectivity index (χ0v) is 11.0. The molecule has 1 aliphatic heterocycles. The van der Waals surface area contributed by atoms with Crippen molar-refractivity contribution in [3.05, 3.63) is 10.5 Å². The van der Waals surface area contributed by atoms with Crippen LogP contribution in [0.5, 0.6) is 0 Å². The lowest BCUT2D eigenvalue weighted by Crippen LogP contribution is -2.33. The number of aromatic nitrogens is 3. The monoisotopic (exact) mass is 270 g/mol. The Labute approximate surface area is 109 Å². The molecular formula is C11H18N4O2S. The molecule has 0 amide bonds. The van der Waals surface area contributed by atoms with E-state index in [1.807, 2.05) is 0 Å². The van der Waals surface area contributed by atoms with E-state index in [1.54, 1.807) is 16.3 Å². The first-order valence-corrected chi connectivity index (χ1v) is 7.37. The van der Waals surface area contributed by atoms with Gasteiger partial charge in [-0.2, -0.15) is 0 Å². The molecule has 0 bridgehead atoms. The summed E-state index contributed by atoms with van der Waals surface area (Å²) in [5.41, 5.74) is 6.05. The fourth-order valence-corrected chi connectivity index (χ4v) is 3.34. The highest BCUT2D eigenvalue weighted by molar-refractivity contribution is 7.99. The van der Waals surface area contributed by atoms with Crippen LogP contribution < -0.4 is 11.4 Å². The van der Waals surface area contributed by atoms with E-state index in [-0.39, 0.29) is 11.7 Å². The topological polar surface area (TPSA) is 85.9 Å². The summed E-state index contributed by atoms with van der Waals surface area (Å²) in [6.07, 6.45) is 3.20. The van der Waals surface area contributed by atoms with Gasteiger partial charge in [-0.15, -0.1) is 5.10 Å². The number of hydrogen-bond donors (Lipinski definition) is 2.